The van der Waals surface area contributed by atoms with E-state index < -0.39 is 5.97 Å². The number of rotatable bonds is 6. The van der Waals surface area contributed by atoms with Crippen LogP contribution in [0.15, 0.2) is 24.3 Å². The van der Waals surface area contributed by atoms with Crippen LogP contribution >= 0.6 is 0 Å². The number of hydrogen-bond donors (Lipinski definition) is 2. The number of amides is 1. The molecule has 0 spiro atoms. The first-order chi connectivity index (χ1) is 10.1. The molecule has 1 amide bonds. The summed E-state index contributed by atoms with van der Waals surface area (Å²) in [5.74, 6) is -1.14. The zero-order valence-corrected chi connectivity index (χ0v) is 12.2. The number of benzene rings is 1. The van der Waals surface area contributed by atoms with Gasteiger partial charge in [-0.2, -0.15) is 0 Å². The predicted octanol–water partition coefficient (Wildman–Crippen LogP) is 1.74. The second-order valence-electron chi connectivity index (χ2n) is 5.54. The Balaban J connectivity index is 1.85. The van der Waals surface area contributed by atoms with E-state index in [4.69, 9.17) is 9.84 Å². The van der Waals surface area contributed by atoms with Gasteiger partial charge in [0.2, 0.25) is 5.91 Å². The Morgan fingerprint density at radius 1 is 1.33 bits per heavy atom. The fourth-order valence-corrected chi connectivity index (χ4v) is 2.80. The zero-order valence-electron chi connectivity index (χ0n) is 12.2. The normalized spacial score (nSPS) is 21.2. The molecule has 1 fully saturated rings. The summed E-state index contributed by atoms with van der Waals surface area (Å²) in [6.07, 6.45) is 2.23. The molecule has 2 atom stereocenters. The Hall–Kier alpha value is -1.88. The molecule has 1 aliphatic rings. The van der Waals surface area contributed by atoms with Crippen molar-refractivity contribution in [1.82, 2.24) is 5.32 Å². The Bertz CT molecular complexity index is 515. The minimum atomic E-state index is -0.765. The molecule has 5 nitrogen and oxygen atoms in total. The van der Waals surface area contributed by atoms with Crippen LogP contribution in [-0.4, -0.2) is 30.1 Å². The van der Waals surface area contributed by atoms with Crippen molar-refractivity contribution < 1.29 is 19.4 Å². The standard InChI is InChI=1S/C16H21NO4/c1-21-10-12-4-2-3-11(7-12)8-15(18)17-14-6-5-13(9-14)16(19)20/h2-4,7,13-14H,5-6,8-10H2,1H3,(H,17,18)(H,19,20)/t13-,14+/m1/s1. The third-order valence-electron chi connectivity index (χ3n) is 3.81. The molecule has 114 valence electrons. The lowest BCUT2D eigenvalue weighted by molar-refractivity contribution is -0.141. The van der Waals surface area contributed by atoms with Crippen molar-refractivity contribution in [3.8, 4) is 0 Å². The van der Waals surface area contributed by atoms with Crippen molar-refractivity contribution in [1.29, 1.82) is 0 Å². The van der Waals surface area contributed by atoms with E-state index in [1.165, 1.54) is 0 Å². The van der Waals surface area contributed by atoms with Crippen molar-refractivity contribution >= 4 is 11.9 Å². The second-order valence-corrected chi connectivity index (χ2v) is 5.54. The molecule has 0 aromatic heterocycles. The number of methoxy groups -OCH3 is 1. The van der Waals surface area contributed by atoms with Gasteiger partial charge in [0.05, 0.1) is 18.9 Å². The summed E-state index contributed by atoms with van der Waals surface area (Å²) in [6, 6.07) is 7.72. The molecule has 2 rings (SSSR count). The molecular formula is C16H21NO4. The summed E-state index contributed by atoms with van der Waals surface area (Å²) in [7, 11) is 1.64. The first-order valence-corrected chi connectivity index (χ1v) is 7.17. The highest BCUT2D eigenvalue weighted by Gasteiger charge is 2.30. The lowest BCUT2D eigenvalue weighted by atomic mass is 10.1. The molecule has 2 N–H and O–H groups in total. The Labute approximate surface area is 124 Å². The van der Waals surface area contributed by atoms with Crippen LogP contribution in [0.4, 0.5) is 0 Å². The monoisotopic (exact) mass is 291 g/mol. The number of ether oxygens (including phenoxy) is 1. The quantitative estimate of drug-likeness (QED) is 0.837. The minimum Gasteiger partial charge on any atom is -0.481 e. The van der Waals surface area contributed by atoms with E-state index in [0.29, 0.717) is 25.9 Å². The van der Waals surface area contributed by atoms with E-state index in [1.807, 2.05) is 24.3 Å². The van der Waals surface area contributed by atoms with Gasteiger partial charge in [-0.25, -0.2) is 0 Å². The number of hydrogen-bond acceptors (Lipinski definition) is 3. The smallest absolute Gasteiger partial charge is 0.306 e. The van der Waals surface area contributed by atoms with Crippen LogP contribution < -0.4 is 5.32 Å². The summed E-state index contributed by atoms with van der Waals surface area (Å²) in [6.45, 7) is 0.526. The third kappa shape index (κ3) is 4.56. The van der Waals surface area contributed by atoms with Gasteiger partial charge in [-0.3, -0.25) is 9.59 Å². The summed E-state index contributed by atoms with van der Waals surface area (Å²) in [5, 5.41) is 11.9. The number of carboxylic acids is 1. The molecule has 1 aromatic rings. The highest BCUT2D eigenvalue weighted by molar-refractivity contribution is 5.79. The largest absolute Gasteiger partial charge is 0.481 e. The van der Waals surface area contributed by atoms with Crippen molar-refractivity contribution in [2.45, 2.75) is 38.3 Å². The molecule has 0 bridgehead atoms. The van der Waals surface area contributed by atoms with Crippen molar-refractivity contribution in [2.75, 3.05) is 7.11 Å². The molecule has 0 radical (unpaired) electrons. The molecule has 5 heteroatoms. The van der Waals surface area contributed by atoms with Gasteiger partial charge in [0.15, 0.2) is 0 Å². The Kier molecular flexibility index (Phi) is 5.33. The van der Waals surface area contributed by atoms with Gasteiger partial charge in [-0.15, -0.1) is 0 Å². The van der Waals surface area contributed by atoms with E-state index in [9.17, 15) is 9.59 Å². The number of carboxylic acid groups (broad SMARTS) is 1. The van der Waals surface area contributed by atoms with Gasteiger partial charge < -0.3 is 15.2 Å². The average Bonchev–Trinajstić information content (AvgIpc) is 2.88. The number of carbonyl (C=O) groups excluding carboxylic acids is 1. The average molecular weight is 291 g/mol. The van der Waals surface area contributed by atoms with Gasteiger partial charge in [-0.1, -0.05) is 24.3 Å². The van der Waals surface area contributed by atoms with E-state index in [0.717, 1.165) is 17.5 Å². The van der Waals surface area contributed by atoms with Crippen molar-refractivity contribution in [2.24, 2.45) is 5.92 Å². The molecule has 1 aliphatic carbocycles. The topological polar surface area (TPSA) is 75.6 Å². The maximum atomic E-state index is 12.0. The fourth-order valence-electron chi connectivity index (χ4n) is 2.80. The van der Waals surface area contributed by atoms with Crippen LogP contribution in [0.3, 0.4) is 0 Å². The predicted molar refractivity (Wildman–Crippen MR) is 77.8 cm³/mol. The van der Waals surface area contributed by atoms with E-state index >= 15 is 0 Å². The molecule has 1 aromatic carbocycles. The van der Waals surface area contributed by atoms with Gasteiger partial charge in [0.1, 0.15) is 0 Å². The molecule has 0 aliphatic heterocycles. The summed E-state index contributed by atoms with van der Waals surface area (Å²) in [5.41, 5.74) is 1.98. The first kappa shape index (κ1) is 15.5. The highest BCUT2D eigenvalue weighted by atomic mass is 16.5. The molecule has 0 heterocycles. The summed E-state index contributed by atoms with van der Waals surface area (Å²) >= 11 is 0. The molecular weight excluding hydrogens is 270 g/mol. The van der Waals surface area contributed by atoms with Crippen molar-refractivity contribution in [3.63, 3.8) is 0 Å². The summed E-state index contributed by atoms with van der Waals surface area (Å²) in [4.78, 5) is 22.9. The fraction of sp³-hybridized carbons (Fsp3) is 0.500. The van der Waals surface area contributed by atoms with Gasteiger partial charge in [0, 0.05) is 13.2 Å². The highest BCUT2D eigenvalue weighted by Crippen LogP contribution is 2.25. The SMILES string of the molecule is COCc1cccc(CC(=O)N[C@H]2CC[C@@H](C(=O)O)C2)c1. The van der Waals surface area contributed by atoms with Crippen LogP contribution in [0.25, 0.3) is 0 Å². The first-order valence-electron chi connectivity index (χ1n) is 7.17. The lowest BCUT2D eigenvalue weighted by Crippen LogP contribution is -2.34. The maximum Gasteiger partial charge on any atom is 0.306 e. The van der Waals surface area contributed by atoms with Crippen LogP contribution in [0.2, 0.25) is 0 Å². The van der Waals surface area contributed by atoms with E-state index in [2.05, 4.69) is 5.32 Å². The van der Waals surface area contributed by atoms with Crippen LogP contribution in [0.1, 0.15) is 30.4 Å². The number of aliphatic carboxylic acids is 1. The van der Waals surface area contributed by atoms with Crippen LogP contribution in [0, 0.1) is 5.92 Å². The van der Waals surface area contributed by atoms with E-state index in [1.54, 1.807) is 7.11 Å². The van der Waals surface area contributed by atoms with Gasteiger partial charge in [-0.05, 0) is 30.4 Å². The minimum absolute atomic E-state index is 0.0132. The van der Waals surface area contributed by atoms with Crippen molar-refractivity contribution in [3.05, 3.63) is 35.4 Å². The molecule has 21 heavy (non-hydrogen) atoms. The molecule has 0 saturated heterocycles. The van der Waals surface area contributed by atoms with Gasteiger partial charge in [0.25, 0.3) is 0 Å². The zero-order chi connectivity index (χ0) is 15.2. The number of carbonyl (C=O) groups is 2. The molecule has 0 unspecified atom stereocenters. The molecule has 1 saturated carbocycles. The van der Waals surface area contributed by atoms with Crippen LogP contribution in [0.5, 0.6) is 0 Å². The second kappa shape index (κ2) is 7.22. The van der Waals surface area contributed by atoms with Gasteiger partial charge >= 0.3 is 5.97 Å². The lowest BCUT2D eigenvalue weighted by Gasteiger charge is -2.12. The summed E-state index contributed by atoms with van der Waals surface area (Å²) < 4.78 is 5.07. The number of nitrogens with one attached hydrogen (secondary N) is 1. The van der Waals surface area contributed by atoms with E-state index in [-0.39, 0.29) is 17.9 Å². The maximum absolute atomic E-state index is 12.0. The van der Waals surface area contributed by atoms with Crippen LogP contribution in [-0.2, 0) is 27.4 Å². The third-order valence-corrected chi connectivity index (χ3v) is 3.81. The Morgan fingerprint density at radius 3 is 2.76 bits per heavy atom. The Morgan fingerprint density at radius 2 is 2.10 bits per heavy atom.